The molecule has 0 saturated carbocycles. The number of rotatable bonds is 3. The van der Waals surface area contributed by atoms with Gasteiger partial charge in [0.15, 0.2) is 0 Å². The average molecular weight is 252 g/mol. The Hall–Kier alpha value is -1.88. The predicted octanol–water partition coefficient (Wildman–Crippen LogP) is 1.99. The second-order valence-corrected chi connectivity index (χ2v) is 4.06. The molecular formula is C11H10ClN3O2. The maximum Gasteiger partial charge on any atom is 0.352 e. The highest BCUT2D eigenvalue weighted by atomic mass is 35.5. The van der Waals surface area contributed by atoms with E-state index in [9.17, 15) is 4.79 Å². The number of hydrogen-bond acceptors (Lipinski definition) is 3. The summed E-state index contributed by atoms with van der Waals surface area (Å²) in [5, 5.41) is 9.38. The lowest BCUT2D eigenvalue weighted by molar-refractivity contribution is 0.0685. The van der Waals surface area contributed by atoms with Crippen molar-refractivity contribution in [3.8, 4) is 0 Å². The molecule has 0 fully saturated rings. The molecule has 2 heterocycles. The molecule has 0 aromatic carbocycles. The molecule has 0 aliphatic heterocycles. The van der Waals surface area contributed by atoms with Crippen LogP contribution in [-0.4, -0.2) is 25.6 Å². The highest BCUT2D eigenvalue weighted by Gasteiger charge is 2.12. The quantitative estimate of drug-likeness (QED) is 0.906. The van der Waals surface area contributed by atoms with Crippen LogP contribution in [0.3, 0.4) is 0 Å². The van der Waals surface area contributed by atoms with E-state index in [0.717, 1.165) is 5.69 Å². The Kier molecular flexibility index (Phi) is 3.10. The molecule has 6 heteroatoms. The second kappa shape index (κ2) is 4.55. The minimum Gasteiger partial charge on any atom is -0.477 e. The van der Waals surface area contributed by atoms with E-state index in [1.165, 1.54) is 10.6 Å². The Labute approximate surface area is 103 Å². The first-order valence-electron chi connectivity index (χ1n) is 4.93. The van der Waals surface area contributed by atoms with Crippen molar-refractivity contribution in [2.24, 2.45) is 0 Å². The van der Waals surface area contributed by atoms with E-state index in [2.05, 4.69) is 9.97 Å². The van der Waals surface area contributed by atoms with Gasteiger partial charge in [-0.25, -0.2) is 4.79 Å². The van der Waals surface area contributed by atoms with Crippen molar-refractivity contribution in [1.82, 2.24) is 14.5 Å². The topological polar surface area (TPSA) is 68.0 Å². The Morgan fingerprint density at radius 2 is 2.24 bits per heavy atom. The van der Waals surface area contributed by atoms with E-state index in [-0.39, 0.29) is 5.69 Å². The number of carboxylic acids is 1. The summed E-state index contributed by atoms with van der Waals surface area (Å²) in [5.74, 6) is -1.02. The van der Waals surface area contributed by atoms with Gasteiger partial charge in [0.1, 0.15) is 5.69 Å². The first kappa shape index (κ1) is 11.6. The Bertz CT molecular complexity index is 548. The van der Waals surface area contributed by atoms with E-state index in [0.29, 0.717) is 17.3 Å². The normalized spacial score (nSPS) is 10.5. The van der Waals surface area contributed by atoms with Crippen LogP contribution in [0.1, 0.15) is 21.9 Å². The Morgan fingerprint density at radius 1 is 1.47 bits per heavy atom. The zero-order valence-electron chi connectivity index (χ0n) is 9.09. The lowest BCUT2D eigenvalue weighted by Crippen LogP contribution is -2.09. The van der Waals surface area contributed by atoms with E-state index in [1.54, 1.807) is 18.6 Å². The number of aromatic nitrogens is 3. The zero-order chi connectivity index (χ0) is 12.4. The molecule has 0 radical (unpaired) electrons. The summed E-state index contributed by atoms with van der Waals surface area (Å²) >= 11 is 5.78. The Balaban J connectivity index is 2.29. The summed E-state index contributed by atoms with van der Waals surface area (Å²) in [4.78, 5) is 19.2. The fourth-order valence-electron chi connectivity index (χ4n) is 1.46. The first-order valence-corrected chi connectivity index (χ1v) is 5.30. The van der Waals surface area contributed by atoms with Gasteiger partial charge in [0.2, 0.25) is 0 Å². The van der Waals surface area contributed by atoms with Crippen molar-refractivity contribution in [1.29, 1.82) is 0 Å². The standard InChI is InChI=1S/C11H10ClN3O2/c1-7-3-14-9(4-13-7)6-15-5-8(12)2-10(15)11(16)17/h2-5H,6H2,1H3,(H,16,17). The maximum absolute atomic E-state index is 11.0. The van der Waals surface area contributed by atoms with Gasteiger partial charge in [-0.05, 0) is 13.0 Å². The summed E-state index contributed by atoms with van der Waals surface area (Å²) in [6.07, 6.45) is 4.82. The summed E-state index contributed by atoms with van der Waals surface area (Å²) in [5.41, 5.74) is 1.64. The van der Waals surface area contributed by atoms with Crippen LogP contribution in [0.2, 0.25) is 5.02 Å². The number of hydrogen-bond donors (Lipinski definition) is 1. The molecule has 5 nitrogen and oxygen atoms in total. The highest BCUT2D eigenvalue weighted by Crippen LogP contribution is 2.15. The van der Waals surface area contributed by atoms with Crippen molar-refractivity contribution in [2.45, 2.75) is 13.5 Å². The van der Waals surface area contributed by atoms with Crippen molar-refractivity contribution in [3.05, 3.63) is 46.8 Å². The van der Waals surface area contributed by atoms with Crippen LogP contribution in [0.25, 0.3) is 0 Å². The van der Waals surface area contributed by atoms with Gasteiger partial charge in [-0.15, -0.1) is 0 Å². The van der Waals surface area contributed by atoms with Gasteiger partial charge in [0, 0.05) is 12.4 Å². The van der Waals surface area contributed by atoms with E-state index < -0.39 is 5.97 Å². The third-order valence-corrected chi connectivity index (χ3v) is 2.46. The maximum atomic E-state index is 11.0. The SMILES string of the molecule is Cc1cnc(Cn2cc(Cl)cc2C(=O)O)cn1. The monoisotopic (exact) mass is 251 g/mol. The van der Waals surface area contributed by atoms with Gasteiger partial charge in [-0.2, -0.15) is 0 Å². The molecule has 0 spiro atoms. The largest absolute Gasteiger partial charge is 0.477 e. The van der Waals surface area contributed by atoms with Crippen LogP contribution < -0.4 is 0 Å². The lowest BCUT2D eigenvalue weighted by Gasteiger charge is -2.05. The fraction of sp³-hybridized carbons (Fsp3) is 0.182. The molecule has 88 valence electrons. The van der Waals surface area contributed by atoms with Gasteiger partial charge >= 0.3 is 5.97 Å². The second-order valence-electron chi connectivity index (χ2n) is 3.63. The fourth-order valence-corrected chi connectivity index (χ4v) is 1.68. The highest BCUT2D eigenvalue weighted by molar-refractivity contribution is 6.30. The van der Waals surface area contributed by atoms with Crippen molar-refractivity contribution < 1.29 is 9.90 Å². The molecule has 0 aliphatic carbocycles. The minimum absolute atomic E-state index is 0.136. The van der Waals surface area contributed by atoms with Crippen LogP contribution >= 0.6 is 11.6 Å². The van der Waals surface area contributed by atoms with Gasteiger partial charge in [0.05, 0.1) is 29.2 Å². The number of carbonyl (C=O) groups is 1. The summed E-state index contributed by atoms with van der Waals surface area (Å²) in [6.45, 7) is 2.17. The van der Waals surface area contributed by atoms with Gasteiger partial charge in [0.25, 0.3) is 0 Å². The molecule has 2 aromatic heterocycles. The summed E-state index contributed by atoms with van der Waals surface area (Å²) < 4.78 is 1.53. The van der Waals surface area contributed by atoms with Gasteiger partial charge < -0.3 is 9.67 Å². The molecule has 0 bridgehead atoms. The van der Waals surface area contributed by atoms with E-state index in [4.69, 9.17) is 16.7 Å². The molecule has 17 heavy (non-hydrogen) atoms. The minimum atomic E-state index is -1.02. The molecule has 0 aliphatic rings. The van der Waals surface area contributed by atoms with Crippen molar-refractivity contribution in [3.63, 3.8) is 0 Å². The Morgan fingerprint density at radius 3 is 2.82 bits per heavy atom. The number of halogens is 1. The van der Waals surface area contributed by atoms with Crippen molar-refractivity contribution >= 4 is 17.6 Å². The molecule has 1 N–H and O–H groups in total. The van der Waals surface area contributed by atoms with E-state index in [1.807, 2.05) is 6.92 Å². The van der Waals surface area contributed by atoms with Crippen LogP contribution in [0.15, 0.2) is 24.7 Å². The van der Waals surface area contributed by atoms with Crippen LogP contribution in [0, 0.1) is 6.92 Å². The first-order chi connectivity index (χ1) is 8.06. The molecular weight excluding hydrogens is 242 g/mol. The number of aromatic carboxylic acids is 1. The van der Waals surface area contributed by atoms with Crippen molar-refractivity contribution in [2.75, 3.05) is 0 Å². The summed E-state index contributed by atoms with van der Waals surface area (Å²) in [6, 6.07) is 1.41. The van der Waals surface area contributed by atoms with Gasteiger partial charge in [-0.1, -0.05) is 11.6 Å². The third kappa shape index (κ3) is 2.62. The number of nitrogens with zero attached hydrogens (tertiary/aromatic N) is 3. The summed E-state index contributed by atoms with van der Waals surface area (Å²) in [7, 11) is 0. The third-order valence-electron chi connectivity index (χ3n) is 2.25. The van der Waals surface area contributed by atoms with Crippen LogP contribution in [0.4, 0.5) is 0 Å². The number of carboxylic acid groups (broad SMARTS) is 1. The predicted molar refractivity (Wildman–Crippen MR) is 62.3 cm³/mol. The molecule has 0 unspecified atom stereocenters. The molecule has 0 atom stereocenters. The van der Waals surface area contributed by atoms with Gasteiger partial charge in [-0.3, -0.25) is 9.97 Å². The van der Waals surface area contributed by atoms with Crippen LogP contribution in [0.5, 0.6) is 0 Å². The molecule has 0 amide bonds. The lowest BCUT2D eigenvalue weighted by atomic mass is 10.4. The smallest absolute Gasteiger partial charge is 0.352 e. The number of aryl methyl sites for hydroxylation is 1. The molecule has 2 aromatic rings. The van der Waals surface area contributed by atoms with E-state index >= 15 is 0 Å². The molecule has 0 saturated heterocycles. The zero-order valence-corrected chi connectivity index (χ0v) is 9.85. The average Bonchev–Trinajstić information content (AvgIpc) is 2.63. The molecule has 2 rings (SSSR count). The van der Waals surface area contributed by atoms with Crippen LogP contribution in [-0.2, 0) is 6.54 Å².